The summed E-state index contributed by atoms with van der Waals surface area (Å²) in [6, 6.07) is 20.8. The summed E-state index contributed by atoms with van der Waals surface area (Å²) in [4.78, 5) is 24.0. The molecule has 28 heavy (non-hydrogen) atoms. The summed E-state index contributed by atoms with van der Waals surface area (Å²) in [6.45, 7) is 3.33. The first-order valence-corrected chi connectivity index (χ1v) is 8.95. The lowest BCUT2D eigenvalue weighted by Gasteiger charge is -2.15. The zero-order chi connectivity index (χ0) is 19.9. The van der Waals surface area contributed by atoms with Crippen molar-refractivity contribution in [2.45, 2.75) is 20.0 Å². The summed E-state index contributed by atoms with van der Waals surface area (Å²) in [7, 11) is 0. The van der Waals surface area contributed by atoms with E-state index in [1.54, 1.807) is 19.1 Å². The number of ether oxygens (including phenoxy) is 2. The maximum atomic E-state index is 12.1. The Labute approximate surface area is 163 Å². The van der Waals surface area contributed by atoms with E-state index < -0.39 is 17.9 Å². The lowest BCUT2D eigenvalue weighted by Crippen LogP contribution is -2.48. The molecular weight excluding hydrogens is 356 g/mol. The van der Waals surface area contributed by atoms with Gasteiger partial charge in [0.1, 0.15) is 11.5 Å². The van der Waals surface area contributed by atoms with Gasteiger partial charge in [0.05, 0.1) is 0 Å². The molecule has 0 aliphatic rings. The first-order chi connectivity index (χ1) is 13.5. The number of rotatable bonds is 6. The van der Waals surface area contributed by atoms with Crippen LogP contribution in [0.25, 0.3) is 10.8 Å². The van der Waals surface area contributed by atoms with Gasteiger partial charge in [-0.15, -0.1) is 0 Å². The van der Waals surface area contributed by atoms with Gasteiger partial charge in [-0.25, -0.2) is 0 Å². The molecular formula is C22H22N2O4. The van der Waals surface area contributed by atoms with Crippen LogP contribution in [0.1, 0.15) is 12.5 Å². The highest BCUT2D eigenvalue weighted by atomic mass is 16.5. The minimum Gasteiger partial charge on any atom is -0.484 e. The fourth-order valence-electron chi connectivity index (χ4n) is 2.62. The van der Waals surface area contributed by atoms with E-state index in [1.807, 2.05) is 61.5 Å². The maximum absolute atomic E-state index is 12.1. The van der Waals surface area contributed by atoms with Crippen molar-refractivity contribution in [3.8, 4) is 11.5 Å². The molecule has 0 spiro atoms. The molecule has 0 aliphatic heterocycles. The Kier molecular flexibility index (Phi) is 6.11. The summed E-state index contributed by atoms with van der Waals surface area (Å²) >= 11 is 0. The third-order valence-electron chi connectivity index (χ3n) is 4.09. The molecule has 6 heteroatoms. The van der Waals surface area contributed by atoms with Gasteiger partial charge in [0.2, 0.25) is 0 Å². The van der Waals surface area contributed by atoms with Crippen molar-refractivity contribution in [3.63, 3.8) is 0 Å². The van der Waals surface area contributed by atoms with E-state index in [1.165, 1.54) is 0 Å². The number of nitrogens with one attached hydrogen (secondary N) is 2. The molecule has 0 aliphatic carbocycles. The van der Waals surface area contributed by atoms with Crippen LogP contribution in [0.4, 0.5) is 0 Å². The Morgan fingerprint density at radius 1 is 0.893 bits per heavy atom. The Balaban J connectivity index is 1.44. The van der Waals surface area contributed by atoms with Gasteiger partial charge in [0.15, 0.2) is 12.7 Å². The fraction of sp³-hybridized carbons (Fsp3) is 0.182. The van der Waals surface area contributed by atoms with Crippen LogP contribution in [0.5, 0.6) is 11.5 Å². The van der Waals surface area contributed by atoms with Gasteiger partial charge >= 0.3 is 0 Å². The van der Waals surface area contributed by atoms with Crippen LogP contribution in [0.15, 0.2) is 66.7 Å². The Hall–Kier alpha value is -3.54. The van der Waals surface area contributed by atoms with Crippen LogP contribution in [-0.4, -0.2) is 24.5 Å². The standard InChI is InChI=1S/C22H22N2O4/c1-15-6-5-9-20(12-15)28-16(2)22(26)24-23-21(25)14-27-19-11-10-17-7-3-4-8-18(17)13-19/h3-13,16H,14H2,1-2H3,(H,23,25)(H,24,26). The highest BCUT2D eigenvalue weighted by molar-refractivity contribution is 5.86. The quantitative estimate of drug-likeness (QED) is 0.646. The molecule has 0 aromatic heterocycles. The van der Waals surface area contributed by atoms with E-state index in [2.05, 4.69) is 10.9 Å². The Morgan fingerprint density at radius 2 is 1.68 bits per heavy atom. The minimum atomic E-state index is -0.761. The van der Waals surface area contributed by atoms with Gasteiger partial charge in [-0.2, -0.15) is 0 Å². The number of aryl methyl sites for hydroxylation is 1. The number of hydrazine groups is 1. The van der Waals surface area contributed by atoms with Crippen molar-refractivity contribution in [2.75, 3.05) is 6.61 Å². The Bertz CT molecular complexity index is 987. The molecule has 0 bridgehead atoms. The molecule has 2 N–H and O–H groups in total. The second-order valence-corrected chi connectivity index (χ2v) is 6.41. The van der Waals surface area contributed by atoms with Crippen LogP contribution < -0.4 is 20.3 Å². The molecule has 0 heterocycles. The van der Waals surface area contributed by atoms with Gasteiger partial charge in [0.25, 0.3) is 11.8 Å². The largest absolute Gasteiger partial charge is 0.484 e. The summed E-state index contributed by atoms with van der Waals surface area (Å²) < 4.78 is 11.0. The molecule has 3 aromatic carbocycles. The number of hydrogen-bond acceptors (Lipinski definition) is 4. The summed E-state index contributed by atoms with van der Waals surface area (Å²) in [5, 5.41) is 2.12. The van der Waals surface area contributed by atoms with E-state index in [0.29, 0.717) is 11.5 Å². The van der Waals surface area contributed by atoms with Gasteiger partial charge in [-0.3, -0.25) is 20.4 Å². The maximum Gasteiger partial charge on any atom is 0.279 e. The van der Waals surface area contributed by atoms with Crippen molar-refractivity contribution in [1.29, 1.82) is 0 Å². The van der Waals surface area contributed by atoms with E-state index in [0.717, 1.165) is 16.3 Å². The molecule has 2 amide bonds. The number of hydrogen-bond donors (Lipinski definition) is 2. The number of carbonyl (C=O) groups excluding carboxylic acids is 2. The molecule has 144 valence electrons. The predicted octanol–water partition coefficient (Wildman–Crippen LogP) is 3.14. The molecule has 3 rings (SSSR count). The van der Waals surface area contributed by atoms with Crippen LogP contribution in [0, 0.1) is 6.92 Å². The summed E-state index contributed by atoms with van der Waals surface area (Å²) in [5.74, 6) is 0.245. The van der Waals surface area contributed by atoms with Gasteiger partial charge in [-0.1, -0.05) is 42.5 Å². The predicted molar refractivity (Wildman–Crippen MR) is 107 cm³/mol. The van der Waals surface area contributed by atoms with Gasteiger partial charge < -0.3 is 9.47 Å². The molecule has 1 atom stereocenters. The van der Waals surface area contributed by atoms with E-state index in [-0.39, 0.29) is 6.61 Å². The van der Waals surface area contributed by atoms with E-state index in [9.17, 15) is 9.59 Å². The van der Waals surface area contributed by atoms with Crippen molar-refractivity contribution in [2.24, 2.45) is 0 Å². The monoisotopic (exact) mass is 378 g/mol. The normalized spacial score (nSPS) is 11.5. The first kappa shape index (κ1) is 19.2. The van der Waals surface area contributed by atoms with Crippen molar-refractivity contribution < 1.29 is 19.1 Å². The van der Waals surface area contributed by atoms with Crippen molar-refractivity contribution >= 4 is 22.6 Å². The highest BCUT2D eigenvalue weighted by Gasteiger charge is 2.15. The van der Waals surface area contributed by atoms with Gasteiger partial charge in [0, 0.05) is 0 Å². The number of benzene rings is 3. The topological polar surface area (TPSA) is 76.7 Å². The number of amides is 2. The smallest absolute Gasteiger partial charge is 0.279 e. The molecule has 0 saturated heterocycles. The van der Waals surface area contributed by atoms with Crippen LogP contribution in [0.2, 0.25) is 0 Å². The number of fused-ring (bicyclic) bond motifs is 1. The second kappa shape index (κ2) is 8.90. The third-order valence-corrected chi connectivity index (χ3v) is 4.09. The zero-order valence-electron chi connectivity index (χ0n) is 15.8. The Morgan fingerprint density at radius 3 is 2.46 bits per heavy atom. The lowest BCUT2D eigenvalue weighted by atomic mass is 10.1. The number of carbonyl (C=O) groups is 2. The fourth-order valence-corrected chi connectivity index (χ4v) is 2.62. The lowest BCUT2D eigenvalue weighted by molar-refractivity contribution is -0.133. The second-order valence-electron chi connectivity index (χ2n) is 6.41. The molecule has 0 saturated carbocycles. The van der Waals surface area contributed by atoms with E-state index in [4.69, 9.17) is 9.47 Å². The molecule has 0 radical (unpaired) electrons. The van der Waals surface area contributed by atoms with E-state index >= 15 is 0 Å². The van der Waals surface area contributed by atoms with Crippen molar-refractivity contribution in [3.05, 3.63) is 72.3 Å². The van der Waals surface area contributed by atoms with Crippen LogP contribution in [-0.2, 0) is 9.59 Å². The molecule has 1 unspecified atom stereocenters. The molecule has 6 nitrogen and oxygen atoms in total. The van der Waals surface area contributed by atoms with Gasteiger partial charge in [-0.05, 0) is 54.4 Å². The molecule has 0 fully saturated rings. The minimum absolute atomic E-state index is 0.217. The SMILES string of the molecule is Cc1cccc(OC(C)C(=O)NNC(=O)COc2ccc3ccccc3c2)c1. The average Bonchev–Trinajstić information content (AvgIpc) is 2.70. The first-order valence-electron chi connectivity index (χ1n) is 8.95. The molecule has 3 aromatic rings. The highest BCUT2D eigenvalue weighted by Crippen LogP contribution is 2.20. The summed E-state index contributed by atoms with van der Waals surface area (Å²) in [6.07, 6.45) is -0.761. The van der Waals surface area contributed by atoms with Crippen LogP contribution >= 0.6 is 0 Å². The third kappa shape index (κ3) is 5.23. The van der Waals surface area contributed by atoms with Crippen molar-refractivity contribution in [1.82, 2.24) is 10.9 Å². The zero-order valence-corrected chi connectivity index (χ0v) is 15.8. The summed E-state index contributed by atoms with van der Waals surface area (Å²) in [5.41, 5.74) is 5.70. The average molecular weight is 378 g/mol. The van der Waals surface area contributed by atoms with Crippen LogP contribution in [0.3, 0.4) is 0 Å².